The summed E-state index contributed by atoms with van der Waals surface area (Å²) >= 11 is 0. The maximum absolute atomic E-state index is 10.9. The molecule has 1 rings (SSSR count). The average molecular weight is 213 g/mol. The van der Waals surface area contributed by atoms with Crippen molar-refractivity contribution in [1.29, 1.82) is 0 Å². The summed E-state index contributed by atoms with van der Waals surface area (Å²) in [5.74, 6) is 5.36. The minimum Gasteiger partial charge on any atom is -0.390 e. The van der Waals surface area contributed by atoms with Crippen LogP contribution in [0.2, 0.25) is 0 Å². The fourth-order valence-electron chi connectivity index (χ4n) is 0.781. The van der Waals surface area contributed by atoms with Crippen molar-refractivity contribution in [3.8, 4) is 0 Å². The molecule has 0 fully saturated rings. The van der Waals surface area contributed by atoms with Crippen molar-refractivity contribution in [2.24, 2.45) is 16.1 Å². The van der Waals surface area contributed by atoms with Crippen LogP contribution in [0.15, 0.2) is 10.3 Å². The van der Waals surface area contributed by atoms with Gasteiger partial charge in [-0.1, -0.05) is 5.16 Å². The van der Waals surface area contributed by atoms with Gasteiger partial charge in [-0.3, -0.25) is 5.01 Å². The summed E-state index contributed by atoms with van der Waals surface area (Å²) < 4.78 is 0. The van der Waals surface area contributed by atoms with E-state index in [9.17, 15) is 4.79 Å². The van der Waals surface area contributed by atoms with E-state index in [2.05, 4.69) is 15.7 Å². The van der Waals surface area contributed by atoms with Gasteiger partial charge in [-0.05, 0) is 20.8 Å². The number of oxime groups is 1. The van der Waals surface area contributed by atoms with E-state index in [1.165, 1.54) is 6.21 Å². The lowest BCUT2D eigenvalue weighted by atomic mass is 10.2. The molecule has 0 saturated heterocycles. The molecule has 0 atom stereocenters. The van der Waals surface area contributed by atoms with E-state index >= 15 is 0 Å². The fourth-order valence-corrected chi connectivity index (χ4v) is 0.781. The van der Waals surface area contributed by atoms with Crippen molar-refractivity contribution < 1.29 is 9.63 Å². The molecule has 0 unspecified atom stereocenters. The monoisotopic (exact) mass is 213 g/mol. The summed E-state index contributed by atoms with van der Waals surface area (Å²) in [6.07, 6.45) is 1.42. The van der Waals surface area contributed by atoms with E-state index in [0.717, 1.165) is 5.01 Å². The van der Waals surface area contributed by atoms with Gasteiger partial charge in [0.1, 0.15) is 11.3 Å². The van der Waals surface area contributed by atoms with E-state index in [4.69, 9.17) is 10.7 Å². The molecule has 0 bridgehead atoms. The number of amides is 2. The highest BCUT2D eigenvalue weighted by atomic mass is 16.6. The highest BCUT2D eigenvalue weighted by Crippen LogP contribution is 2.06. The predicted octanol–water partition coefficient (Wildman–Crippen LogP) is 0.0422. The van der Waals surface area contributed by atoms with Gasteiger partial charge in [-0.15, -0.1) is 0 Å². The number of carbonyl (C=O) groups excluding carboxylic acids is 1. The third-order valence-electron chi connectivity index (χ3n) is 1.42. The number of hydrazone groups is 1. The standard InChI is InChI=1S/C8H15N5O2/c1-8(2,3)15-10-4-6-5-13(9)7(14)12-11-6/h4H,5,9H2,1-3H3,(H,12,14). The molecular weight excluding hydrogens is 198 g/mol. The molecule has 0 spiro atoms. The number of rotatable bonds is 2. The molecule has 1 aliphatic rings. The van der Waals surface area contributed by atoms with E-state index < -0.39 is 6.03 Å². The molecule has 0 aromatic carbocycles. The Morgan fingerprint density at radius 2 is 2.33 bits per heavy atom. The smallest absolute Gasteiger partial charge is 0.352 e. The molecule has 15 heavy (non-hydrogen) atoms. The predicted molar refractivity (Wildman–Crippen MR) is 56.2 cm³/mol. The first kappa shape index (κ1) is 11.4. The van der Waals surface area contributed by atoms with Gasteiger partial charge in [0.05, 0.1) is 12.8 Å². The molecule has 0 aliphatic carbocycles. The number of hydrazine groups is 1. The summed E-state index contributed by atoms with van der Waals surface area (Å²) in [7, 11) is 0. The van der Waals surface area contributed by atoms with E-state index in [1.54, 1.807) is 0 Å². The number of hydrogen-bond donors (Lipinski definition) is 2. The Labute approximate surface area is 87.9 Å². The van der Waals surface area contributed by atoms with Crippen LogP contribution in [0, 0.1) is 0 Å². The normalized spacial score (nSPS) is 17.7. The second-order valence-electron chi connectivity index (χ2n) is 4.09. The van der Waals surface area contributed by atoms with E-state index in [1.807, 2.05) is 20.8 Å². The van der Waals surface area contributed by atoms with Crippen molar-refractivity contribution in [2.75, 3.05) is 6.54 Å². The van der Waals surface area contributed by atoms with Gasteiger partial charge < -0.3 is 4.84 Å². The zero-order valence-electron chi connectivity index (χ0n) is 9.02. The van der Waals surface area contributed by atoms with Crippen molar-refractivity contribution in [1.82, 2.24) is 10.4 Å². The number of carbonyl (C=O) groups is 1. The Kier molecular flexibility index (Phi) is 3.25. The van der Waals surface area contributed by atoms with Crippen molar-refractivity contribution in [3.05, 3.63) is 0 Å². The largest absolute Gasteiger partial charge is 0.390 e. The zero-order chi connectivity index (χ0) is 11.5. The molecule has 1 heterocycles. The van der Waals surface area contributed by atoms with Gasteiger partial charge in [0.15, 0.2) is 0 Å². The molecule has 2 amide bonds. The molecule has 84 valence electrons. The number of hydrogen-bond acceptors (Lipinski definition) is 5. The third-order valence-corrected chi connectivity index (χ3v) is 1.42. The number of nitrogens with one attached hydrogen (secondary N) is 1. The van der Waals surface area contributed by atoms with Crippen LogP contribution in [0.3, 0.4) is 0 Å². The lowest BCUT2D eigenvalue weighted by molar-refractivity contribution is 0.00218. The van der Waals surface area contributed by atoms with Crippen LogP contribution in [0.4, 0.5) is 4.79 Å². The van der Waals surface area contributed by atoms with Gasteiger partial charge in [0, 0.05) is 0 Å². The Hall–Kier alpha value is -1.63. The minimum absolute atomic E-state index is 0.211. The Balaban J connectivity index is 2.50. The summed E-state index contributed by atoms with van der Waals surface area (Å²) in [6, 6.07) is -0.441. The molecule has 7 nitrogen and oxygen atoms in total. The summed E-state index contributed by atoms with van der Waals surface area (Å²) in [4.78, 5) is 16.0. The molecule has 3 N–H and O–H groups in total. The van der Waals surface area contributed by atoms with Crippen LogP contribution < -0.4 is 11.3 Å². The van der Waals surface area contributed by atoms with Crippen molar-refractivity contribution in [3.63, 3.8) is 0 Å². The number of nitrogens with zero attached hydrogens (tertiary/aromatic N) is 3. The topological polar surface area (TPSA) is 92.3 Å². The molecule has 1 aliphatic heterocycles. The first-order valence-electron chi connectivity index (χ1n) is 4.49. The maximum atomic E-state index is 10.9. The first-order chi connectivity index (χ1) is 6.88. The quantitative estimate of drug-likeness (QED) is 0.293. The lowest BCUT2D eigenvalue weighted by Crippen LogP contribution is -2.50. The Morgan fingerprint density at radius 3 is 2.87 bits per heavy atom. The van der Waals surface area contributed by atoms with Gasteiger partial charge in [-0.2, -0.15) is 5.10 Å². The van der Waals surface area contributed by atoms with Crippen LogP contribution in [0.1, 0.15) is 20.8 Å². The van der Waals surface area contributed by atoms with Crippen molar-refractivity contribution in [2.45, 2.75) is 26.4 Å². The van der Waals surface area contributed by atoms with E-state index in [-0.39, 0.29) is 12.1 Å². The van der Waals surface area contributed by atoms with Crippen LogP contribution in [0.5, 0.6) is 0 Å². The number of nitrogens with two attached hydrogens (primary N) is 1. The summed E-state index contributed by atoms with van der Waals surface area (Å²) in [5, 5.41) is 8.49. The molecule has 0 radical (unpaired) electrons. The molecule has 0 saturated carbocycles. The van der Waals surface area contributed by atoms with Gasteiger partial charge in [0.2, 0.25) is 0 Å². The van der Waals surface area contributed by atoms with Crippen LogP contribution in [-0.2, 0) is 4.84 Å². The van der Waals surface area contributed by atoms with Gasteiger partial charge >= 0.3 is 6.03 Å². The zero-order valence-corrected chi connectivity index (χ0v) is 9.02. The molecular formula is C8H15N5O2. The molecule has 0 aromatic rings. The van der Waals surface area contributed by atoms with Crippen LogP contribution in [0.25, 0.3) is 0 Å². The highest BCUT2D eigenvalue weighted by molar-refractivity contribution is 6.32. The lowest BCUT2D eigenvalue weighted by Gasteiger charge is -2.20. The van der Waals surface area contributed by atoms with Crippen molar-refractivity contribution >= 4 is 18.0 Å². The van der Waals surface area contributed by atoms with Gasteiger partial charge in [-0.25, -0.2) is 16.1 Å². The highest BCUT2D eigenvalue weighted by Gasteiger charge is 2.16. The first-order valence-corrected chi connectivity index (χ1v) is 4.49. The maximum Gasteiger partial charge on any atom is 0.352 e. The Morgan fingerprint density at radius 1 is 1.67 bits per heavy atom. The summed E-state index contributed by atoms with van der Waals surface area (Å²) in [6.45, 7) is 5.85. The average Bonchev–Trinajstić information content (AvgIpc) is 2.09. The summed E-state index contributed by atoms with van der Waals surface area (Å²) in [5.41, 5.74) is 2.41. The second kappa shape index (κ2) is 4.26. The Bertz CT molecular complexity index is 305. The minimum atomic E-state index is -0.441. The molecule has 0 aromatic heterocycles. The third kappa shape index (κ3) is 3.94. The molecule has 7 heteroatoms. The fraction of sp³-hybridized carbons (Fsp3) is 0.625. The number of urea groups is 1. The van der Waals surface area contributed by atoms with Crippen LogP contribution in [-0.4, -0.2) is 35.1 Å². The van der Waals surface area contributed by atoms with Crippen LogP contribution >= 0.6 is 0 Å². The van der Waals surface area contributed by atoms with Gasteiger partial charge in [0.25, 0.3) is 0 Å². The SMILES string of the molecule is CC(C)(C)ON=CC1=NNC(=O)N(N)C1. The second-order valence-corrected chi connectivity index (χ2v) is 4.09. The van der Waals surface area contributed by atoms with E-state index in [0.29, 0.717) is 5.71 Å².